The maximum Gasteiger partial charge on any atom is 0.221 e. The molecule has 0 saturated carbocycles. The first-order valence-corrected chi connectivity index (χ1v) is 6.76. The highest BCUT2D eigenvalue weighted by molar-refractivity contribution is 5.76. The van der Waals surface area contributed by atoms with Gasteiger partial charge >= 0.3 is 0 Å². The molecule has 1 aromatic rings. The van der Waals surface area contributed by atoms with E-state index in [9.17, 15) is 4.79 Å². The van der Waals surface area contributed by atoms with Crippen LogP contribution in [0.3, 0.4) is 0 Å². The molecule has 104 valence electrons. The van der Waals surface area contributed by atoms with Gasteiger partial charge in [-0.25, -0.2) is 0 Å². The van der Waals surface area contributed by atoms with Crippen molar-refractivity contribution in [3.8, 4) is 5.75 Å². The molecule has 0 aromatic heterocycles. The third-order valence-electron chi connectivity index (χ3n) is 3.93. The molecule has 0 radical (unpaired) electrons. The van der Waals surface area contributed by atoms with Crippen LogP contribution < -0.4 is 10.5 Å². The van der Waals surface area contributed by atoms with Crippen LogP contribution in [0.1, 0.15) is 25.3 Å². The van der Waals surface area contributed by atoms with Gasteiger partial charge in [0.2, 0.25) is 5.91 Å². The zero-order valence-corrected chi connectivity index (χ0v) is 11.6. The Morgan fingerprint density at radius 2 is 2.26 bits per heavy atom. The highest BCUT2D eigenvalue weighted by Gasteiger charge is 2.28. The van der Waals surface area contributed by atoms with Gasteiger partial charge in [-0.1, -0.05) is 12.1 Å². The number of carbonyl (C=O) groups is 1. The number of hydrogen-bond donors (Lipinski definition) is 1. The van der Waals surface area contributed by atoms with Gasteiger partial charge in [0.05, 0.1) is 13.0 Å². The highest BCUT2D eigenvalue weighted by Crippen LogP contribution is 2.24. The summed E-state index contributed by atoms with van der Waals surface area (Å²) in [6.45, 7) is 3.80. The number of likely N-dealkylation sites (tertiary alicyclic amines) is 1. The third kappa shape index (κ3) is 3.47. The minimum absolute atomic E-state index is 0.0122. The molecule has 0 spiro atoms. The van der Waals surface area contributed by atoms with Crippen LogP contribution in [0.5, 0.6) is 5.75 Å². The van der Waals surface area contributed by atoms with Crippen LogP contribution in [-0.4, -0.2) is 30.5 Å². The van der Waals surface area contributed by atoms with E-state index in [-0.39, 0.29) is 11.8 Å². The third-order valence-corrected chi connectivity index (χ3v) is 3.93. The van der Waals surface area contributed by atoms with Crippen LogP contribution in [0.4, 0.5) is 0 Å². The van der Waals surface area contributed by atoms with Crippen molar-refractivity contribution in [2.24, 2.45) is 11.7 Å². The Hall–Kier alpha value is -1.55. The van der Waals surface area contributed by atoms with Gasteiger partial charge in [0.15, 0.2) is 0 Å². The summed E-state index contributed by atoms with van der Waals surface area (Å²) in [6, 6.07) is 8.55. The number of benzene rings is 1. The number of methoxy groups -OCH3 is 1. The SMILES string of the molecule is COc1cccc(CN2C[C@@H](C(N)=O)CC[C@H]2C)c1. The smallest absolute Gasteiger partial charge is 0.221 e. The average Bonchev–Trinajstić information content (AvgIpc) is 2.41. The number of piperidine rings is 1. The first-order valence-electron chi connectivity index (χ1n) is 6.76. The molecule has 4 nitrogen and oxygen atoms in total. The number of ether oxygens (including phenoxy) is 1. The summed E-state index contributed by atoms with van der Waals surface area (Å²) in [7, 11) is 1.67. The Kier molecular flexibility index (Phi) is 4.43. The first-order chi connectivity index (χ1) is 9.10. The predicted octanol–water partition coefficient (Wildman–Crippen LogP) is 1.78. The van der Waals surface area contributed by atoms with E-state index >= 15 is 0 Å². The lowest BCUT2D eigenvalue weighted by molar-refractivity contribution is -0.124. The van der Waals surface area contributed by atoms with E-state index in [1.165, 1.54) is 5.56 Å². The van der Waals surface area contributed by atoms with Crippen LogP contribution in [0, 0.1) is 5.92 Å². The van der Waals surface area contributed by atoms with Crippen LogP contribution >= 0.6 is 0 Å². The minimum Gasteiger partial charge on any atom is -0.497 e. The monoisotopic (exact) mass is 262 g/mol. The maximum atomic E-state index is 11.3. The fraction of sp³-hybridized carbons (Fsp3) is 0.533. The summed E-state index contributed by atoms with van der Waals surface area (Å²) in [5, 5.41) is 0. The summed E-state index contributed by atoms with van der Waals surface area (Å²) in [4.78, 5) is 13.7. The summed E-state index contributed by atoms with van der Waals surface area (Å²) in [5.41, 5.74) is 6.63. The molecular formula is C15H22N2O2. The number of nitrogens with zero attached hydrogens (tertiary/aromatic N) is 1. The fourth-order valence-corrected chi connectivity index (χ4v) is 2.64. The van der Waals surface area contributed by atoms with Crippen molar-refractivity contribution in [3.63, 3.8) is 0 Å². The maximum absolute atomic E-state index is 11.3. The van der Waals surface area contributed by atoms with Crippen molar-refractivity contribution in [1.29, 1.82) is 0 Å². The van der Waals surface area contributed by atoms with E-state index < -0.39 is 0 Å². The lowest BCUT2D eigenvalue weighted by atomic mass is 9.92. The number of primary amides is 1. The molecule has 0 unspecified atom stereocenters. The molecule has 1 saturated heterocycles. The van der Waals surface area contributed by atoms with Gasteiger partial charge in [0.1, 0.15) is 5.75 Å². The molecule has 4 heteroatoms. The second kappa shape index (κ2) is 6.06. The van der Waals surface area contributed by atoms with E-state index in [0.29, 0.717) is 6.04 Å². The van der Waals surface area contributed by atoms with Crippen LogP contribution in [0.15, 0.2) is 24.3 Å². The van der Waals surface area contributed by atoms with Crippen molar-refractivity contribution >= 4 is 5.91 Å². The van der Waals surface area contributed by atoms with Gasteiger partial charge in [0, 0.05) is 19.1 Å². The molecule has 1 aliphatic rings. The van der Waals surface area contributed by atoms with E-state index in [1.54, 1.807) is 7.11 Å². The standard InChI is InChI=1S/C15H22N2O2/c1-11-6-7-13(15(16)18)10-17(11)9-12-4-3-5-14(8-12)19-2/h3-5,8,11,13H,6-7,9-10H2,1-2H3,(H2,16,18)/t11-,13+/m1/s1. The van der Waals surface area contributed by atoms with Crippen molar-refractivity contribution < 1.29 is 9.53 Å². The Balaban J connectivity index is 2.05. The van der Waals surface area contributed by atoms with Gasteiger partial charge in [-0.05, 0) is 37.5 Å². The largest absolute Gasteiger partial charge is 0.497 e. The normalized spacial score (nSPS) is 24.1. The van der Waals surface area contributed by atoms with Crippen LogP contribution in [-0.2, 0) is 11.3 Å². The van der Waals surface area contributed by atoms with Crippen molar-refractivity contribution in [2.45, 2.75) is 32.4 Å². The summed E-state index contributed by atoms with van der Waals surface area (Å²) in [5.74, 6) is 0.679. The predicted molar refractivity (Wildman–Crippen MR) is 74.8 cm³/mol. The number of carbonyl (C=O) groups excluding carboxylic acids is 1. The molecule has 1 heterocycles. The molecule has 0 aliphatic carbocycles. The van der Waals surface area contributed by atoms with Crippen molar-refractivity contribution in [1.82, 2.24) is 4.90 Å². The summed E-state index contributed by atoms with van der Waals surface area (Å²) < 4.78 is 5.24. The fourth-order valence-electron chi connectivity index (χ4n) is 2.64. The summed E-state index contributed by atoms with van der Waals surface area (Å²) in [6.07, 6.45) is 1.93. The minimum atomic E-state index is -0.178. The topological polar surface area (TPSA) is 55.6 Å². The van der Waals surface area contributed by atoms with Crippen LogP contribution in [0.2, 0.25) is 0 Å². The molecule has 1 amide bonds. The van der Waals surface area contributed by atoms with Gasteiger partial charge < -0.3 is 10.5 Å². The Morgan fingerprint density at radius 1 is 1.47 bits per heavy atom. The molecular weight excluding hydrogens is 240 g/mol. The Bertz CT molecular complexity index is 448. The van der Waals surface area contributed by atoms with E-state index in [4.69, 9.17) is 10.5 Å². The molecule has 1 aliphatic heterocycles. The highest BCUT2D eigenvalue weighted by atomic mass is 16.5. The second-order valence-corrected chi connectivity index (χ2v) is 5.31. The number of nitrogens with two attached hydrogens (primary N) is 1. The molecule has 1 fully saturated rings. The quantitative estimate of drug-likeness (QED) is 0.900. The second-order valence-electron chi connectivity index (χ2n) is 5.31. The van der Waals surface area contributed by atoms with Gasteiger partial charge in [-0.15, -0.1) is 0 Å². The van der Waals surface area contributed by atoms with Crippen LogP contribution in [0.25, 0.3) is 0 Å². The molecule has 2 N–H and O–H groups in total. The van der Waals surface area contributed by atoms with Crippen molar-refractivity contribution in [3.05, 3.63) is 29.8 Å². The lowest BCUT2D eigenvalue weighted by Gasteiger charge is -2.36. The summed E-state index contributed by atoms with van der Waals surface area (Å²) >= 11 is 0. The zero-order chi connectivity index (χ0) is 13.8. The average molecular weight is 262 g/mol. The molecule has 0 bridgehead atoms. The first kappa shape index (κ1) is 13.9. The van der Waals surface area contributed by atoms with Crippen molar-refractivity contribution in [2.75, 3.05) is 13.7 Å². The zero-order valence-electron chi connectivity index (χ0n) is 11.6. The van der Waals surface area contributed by atoms with E-state index in [1.807, 2.05) is 18.2 Å². The van der Waals surface area contributed by atoms with E-state index in [2.05, 4.69) is 17.9 Å². The molecule has 2 atom stereocenters. The van der Waals surface area contributed by atoms with Gasteiger partial charge in [0.25, 0.3) is 0 Å². The molecule has 19 heavy (non-hydrogen) atoms. The number of rotatable bonds is 4. The van der Waals surface area contributed by atoms with Gasteiger partial charge in [-0.3, -0.25) is 9.69 Å². The Morgan fingerprint density at radius 3 is 2.95 bits per heavy atom. The molecule has 1 aromatic carbocycles. The van der Waals surface area contributed by atoms with Gasteiger partial charge in [-0.2, -0.15) is 0 Å². The number of amides is 1. The van der Waals surface area contributed by atoms with E-state index in [0.717, 1.165) is 31.7 Å². The Labute approximate surface area is 114 Å². The number of hydrogen-bond acceptors (Lipinski definition) is 3. The molecule has 2 rings (SSSR count). The lowest BCUT2D eigenvalue weighted by Crippen LogP contribution is -2.45.